The first-order valence-corrected chi connectivity index (χ1v) is 11.6. The standard InChI is InChI=1S/C23H19F3N4OS2/c1-15-3-6-17(7-4-15)30-21(32)29(20(28-13-33-14-31)22(30)9-2-10-22)18-8-5-16(12-27)19(11-18)23(24,25)26/h3-8,11,14H,2,9-10,13H2,1H3/b28-20+. The summed E-state index contributed by atoms with van der Waals surface area (Å²) < 4.78 is 41.0. The molecule has 1 aliphatic carbocycles. The molecule has 10 heteroatoms. The largest absolute Gasteiger partial charge is 0.417 e. The van der Waals surface area contributed by atoms with Crippen LogP contribution in [0.5, 0.6) is 0 Å². The van der Waals surface area contributed by atoms with E-state index in [4.69, 9.17) is 12.2 Å². The van der Waals surface area contributed by atoms with Crippen LogP contribution in [0.2, 0.25) is 0 Å². The van der Waals surface area contributed by atoms with Crippen LogP contribution in [0.4, 0.5) is 24.5 Å². The van der Waals surface area contributed by atoms with Crippen LogP contribution in [-0.4, -0.2) is 28.0 Å². The zero-order valence-electron chi connectivity index (χ0n) is 17.6. The molecular formula is C23H19F3N4OS2. The number of rotatable bonds is 5. The van der Waals surface area contributed by atoms with E-state index in [-0.39, 0.29) is 11.6 Å². The number of thiocarbonyl (C=S) groups is 1. The van der Waals surface area contributed by atoms with Crippen molar-refractivity contribution in [1.82, 2.24) is 0 Å². The first-order valence-electron chi connectivity index (χ1n) is 10.2. The van der Waals surface area contributed by atoms with E-state index < -0.39 is 22.8 Å². The number of benzene rings is 2. The molecule has 0 aromatic heterocycles. The van der Waals surface area contributed by atoms with E-state index in [1.54, 1.807) is 11.0 Å². The Bertz CT molecular complexity index is 1170. The monoisotopic (exact) mass is 488 g/mol. The predicted octanol–water partition coefficient (Wildman–Crippen LogP) is 5.70. The minimum absolute atomic E-state index is 0.129. The molecule has 0 atom stereocenters. The van der Waals surface area contributed by atoms with Gasteiger partial charge >= 0.3 is 6.18 Å². The summed E-state index contributed by atoms with van der Waals surface area (Å²) in [7, 11) is 0. The van der Waals surface area contributed by atoms with Gasteiger partial charge in [0.05, 0.1) is 28.8 Å². The van der Waals surface area contributed by atoms with E-state index in [2.05, 4.69) is 4.99 Å². The molecule has 1 aliphatic heterocycles. The lowest BCUT2D eigenvalue weighted by atomic mass is 9.74. The van der Waals surface area contributed by atoms with Crippen molar-refractivity contribution in [2.24, 2.45) is 4.99 Å². The van der Waals surface area contributed by atoms with Gasteiger partial charge < -0.3 is 4.90 Å². The number of alkyl halides is 3. The fourth-order valence-electron chi connectivity index (χ4n) is 4.27. The van der Waals surface area contributed by atoms with E-state index >= 15 is 0 Å². The van der Waals surface area contributed by atoms with Gasteiger partial charge in [-0.3, -0.25) is 14.7 Å². The van der Waals surface area contributed by atoms with Crippen molar-refractivity contribution in [3.63, 3.8) is 0 Å². The quantitative estimate of drug-likeness (QED) is 0.306. The van der Waals surface area contributed by atoms with Gasteiger partial charge in [0.15, 0.2) is 10.7 Å². The lowest BCUT2D eigenvalue weighted by Gasteiger charge is -2.44. The molecule has 5 nitrogen and oxygen atoms in total. The third-order valence-corrected chi connectivity index (χ3v) is 6.74. The maximum absolute atomic E-state index is 13.7. The molecule has 33 heavy (non-hydrogen) atoms. The average Bonchev–Trinajstić information content (AvgIpc) is 3.02. The Morgan fingerprint density at radius 1 is 1.21 bits per heavy atom. The van der Waals surface area contributed by atoms with Gasteiger partial charge in [-0.1, -0.05) is 29.5 Å². The van der Waals surface area contributed by atoms with Crippen molar-refractivity contribution < 1.29 is 18.0 Å². The summed E-state index contributed by atoms with van der Waals surface area (Å²) in [6.07, 6.45) is -2.33. The van der Waals surface area contributed by atoms with Gasteiger partial charge in [-0.15, -0.1) is 0 Å². The van der Waals surface area contributed by atoms with Gasteiger partial charge in [0.2, 0.25) is 0 Å². The third kappa shape index (κ3) is 4.00. The van der Waals surface area contributed by atoms with Crippen LogP contribution in [0, 0.1) is 18.3 Å². The molecule has 1 saturated heterocycles. The molecule has 1 heterocycles. The molecule has 0 N–H and O–H groups in total. The van der Waals surface area contributed by atoms with E-state index in [1.807, 2.05) is 36.1 Å². The minimum Gasteiger partial charge on any atom is -0.305 e. The minimum atomic E-state index is -4.70. The van der Waals surface area contributed by atoms with E-state index in [1.165, 1.54) is 6.07 Å². The molecule has 1 saturated carbocycles. The second-order valence-electron chi connectivity index (χ2n) is 7.89. The predicted molar refractivity (Wildman–Crippen MR) is 128 cm³/mol. The normalized spacial score (nSPS) is 18.5. The van der Waals surface area contributed by atoms with E-state index in [0.29, 0.717) is 16.6 Å². The highest BCUT2D eigenvalue weighted by Crippen LogP contribution is 2.49. The number of hydrogen-bond acceptors (Lipinski definition) is 5. The fraction of sp³-hybridized carbons (Fsp3) is 0.304. The summed E-state index contributed by atoms with van der Waals surface area (Å²) in [4.78, 5) is 19.0. The van der Waals surface area contributed by atoms with E-state index in [0.717, 1.165) is 54.4 Å². The molecule has 0 amide bonds. The lowest BCUT2D eigenvalue weighted by Crippen LogP contribution is -2.55. The summed E-state index contributed by atoms with van der Waals surface area (Å²) in [5.74, 6) is 0.649. The van der Waals surface area contributed by atoms with Crippen LogP contribution in [-0.2, 0) is 11.0 Å². The molecule has 2 aromatic carbocycles. The second-order valence-corrected chi connectivity index (χ2v) is 9.04. The Hall–Kier alpha value is -2.90. The average molecular weight is 489 g/mol. The van der Waals surface area contributed by atoms with Gasteiger partial charge in [-0.2, -0.15) is 18.4 Å². The fourth-order valence-corrected chi connectivity index (χ4v) is 5.00. The maximum Gasteiger partial charge on any atom is 0.417 e. The summed E-state index contributed by atoms with van der Waals surface area (Å²) >= 11 is 6.77. The maximum atomic E-state index is 13.7. The summed E-state index contributed by atoms with van der Waals surface area (Å²) in [5.41, 5.74) is 0.679. The number of thioether (sulfide) groups is 1. The number of aryl methyl sites for hydroxylation is 1. The van der Waals surface area contributed by atoms with Crippen LogP contribution < -0.4 is 9.80 Å². The number of carbonyl (C=O) groups is 1. The van der Waals surface area contributed by atoms with Crippen molar-refractivity contribution in [3.05, 3.63) is 59.2 Å². The number of amidine groups is 1. The van der Waals surface area contributed by atoms with Gasteiger partial charge in [-0.25, -0.2) is 0 Å². The third-order valence-electron chi connectivity index (χ3n) is 5.96. The summed E-state index contributed by atoms with van der Waals surface area (Å²) in [6, 6.07) is 12.9. The van der Waals surface area contributed by atoms with E-state index in [9.17, 15) is 23.2 Å². The van der Waals surface area contributed by atoms with Crippen molar-refractivity contribution in [3.8, 4) is 6.07 Å². The van der Waals surface area contributed by atoms with Gasteiger partial charge in [0.25, 0.3) is 0 Å². The van der Waals surface area contributed by atoms with Crippen molar-refractivity contribution in [1.29, 1.82) is 5.26 Å². The smallest absolute Gasteiger partial charge is 0.305 e. The Balaban J connectivity index is 1.88. The summed E-state index contributed by atoms with van der Waals surface area (Å²) in [5, 5.41) is 9.48. The number of nitriles is 1. The Kier molecular flexibility index (Phi) is 6.20. The SMILES string of the molecule is Cc1ccc(N2C(=S)N(c3ccc(C#N)c(C(F)(F)F)c3)/C(=N/CSC=O)C23CCC3)cc1. The van der Waals surface area contributed by atoms with Gasteiger partial charge in [0, 0.05) is 5.69 Å². The zero-order valence-corrected chi connectivity index (χ0v) is 19.2. The zero-order chi connectivity index (χ0) is 23.8. The molecule has 4 rings (SSSR count). The number of aliphatic imine (C=N–C) groups is 1. The van der Waals surface area contributed by atoms with Crippen LogP contribution >= 0.6 is 24.0 Å². The number of hydrogen-bond donors (Lipinski definition) is 0. The number of halogens is 3. The van der Waals surface area contributed by atoms with Crippen molar-refractivity contribution in [2.75, 3.05) is 15.7 Å². The molecule has 2 aromatic rings. The van der Waals surface area contributed by atoms with Crippen LogP contribution in [0.3, 0.4) is 0 Å². The molecule has 0 bridgehead atoms. The van der Waals surface area contributed by atoms with Crippen LogP contribution in [0.15, 0.2) is 47.5 Å². The number of carbonyl (C=O) groups excluding carboxylic acids is 1. The Labute approximate surface area is 198 Å². The summed E-state index contributed by atoms with van der Waals surface area (Å²) in [6.45, 7) is 1.97. The second kappa shape index (κ2) is 8.80. The first kappa shape index (κ1) is 23.3. The molecule has 0 unspecified atom stereocenters. The number of anilines is 2. The topological polar surface area (TPSA) is 59.7 Å². The molecular weight excluding hydrogens is 469 g/mol. The van der Waals surface area contributed by atoms with Gasteiger partial charge in [0.1, 0.15) is 11.4 Å². The highest BCUT2D eigenvalue weighted by atomic mass is 32.2. The lowest BCUT2D eigenvalue weighted by molar-refractivity contribution is -0.137. The molecule has 2 fully saturated rings. The van der Waals surface area contributed by atoms with Crippen LogP contribution in [0.25, 0.3) is 0 Å². The highest BCUT2D eigenvalue weighted by Gasteiger charge is 2.57. The highest BCUT2D eigenvalue weighted by molar-refractivity contribution is 8.11. The first-order chi connectivity index (χ1) is 15.7. The number of nitrogens with zero attached hydrogens (tertiary/aromatic N) is 4. The molecule has 2 aliphatic rings. The van der Waals surface area contributed by atoms with Crippen molar-refractivity contribution in [2.45, 2.75) is 37.9 Å². The Morgan fingerprint density at radius 2 is 1.88 bits per heavy atom. The molecule has 1 spiro atoms. The Morgan fingerprint density at radius 3 is 2.42 bits per heavy atom. The molecule has 170 valence electrons. The van der Waals surface area contributed by atoms with Crippen LogP contribution in [0.1, 0.15) is 36.0 Å². The van der Waals surface area contributed by atoms with Crippen molar-refractivity contribution >= 4 is 51.9 Å². The van der Waals surface area contributed by atoms with Gasteiger partial charge in [-0.05, 0) is 68.7 Å². The molecule has 0 radical (unpaired) electrons.